The molecule has 0 bridgehead atoms. The van der Waals surface area contributed by atoms with Crippen LogP contribution in [0.25, 0.3) is 0 Å². The summed E-state index contributed by atoms with van der Waals surface area (Å²) in [5.74, 6) is 1.63. The van der Waals surface area contributed by atoms with Crippen LogP contribution in [0.2, 0.25) is 0 Å². The first kappa shape index (κ1) is 22.0. The number of sulfonamides is 1. The lowest BCUT2D eigenvalue weighted by atomic mass is 10.2. The molecule has 0 saturated carbocycles. The first-order chi connectivity index (χ1) is 14.4. The highest BCUT2D eigenvalue weighted by Gasteiger charge is 2.26. The number of nitrogens with zero attached hydrogens (tertiary/aromatic N) is 1. The zero-order valence-corrected chi connectivity index (χ0v) is 19.2. The molecule has 0 aliphatic rings. The Kier molecular flexibility index (Phi) is 6.89. The van der Waals surface area contributed by atoms with Crippen LogP contribution in [0.1, 0.15) is 5.56 Å². The van der Waals surface area contributed by atoms with Gasteiger partial charge in [0.2, 0.25) is 0 Å². The Labute approximate surface area is 185 Å². The number of anilines is 1. The molecule has 0 saturated heterocycles. The summed E-state index contributed by atoms with van der Waals surface area (Å²) in [7, 11) is 0.727. The topological polar surface area (TPSA) is 65.1 Å². The van der Waals surface area contributed by atoms with Crippen molar-refractivity contribution in [2.45, 2.75) is 11.4 Å². The zero-order chi connectivity index (χ0) is 21.7. The summed E-state index contributed by atoms with van der Waals surface area (Å²) >= 11 is 3.40. The molecule has 8 heteroatoms. The molecule has 0 aliphatic carbocycles. The van der Waals surface area contributed by atoms with Crippen LogP contribution < -0.4 is 18.5 Å². The summed E-state index contributed by atoms with van der Waals surface area (Å²) in [6.07, 6.45) is 0. The Morgan fingerprint density at radius 3 is 1.97 bits per heavy atom. The molecule has 3 rings (SSSR count). The molecule has 0 amide bonds. The van der Waals surface area contributed by atoms with Crippen LogP contribution in [0, 0.1) is 0 Å². The highest BCUT2D eigenvalue weighted by atomic mass is 79.9. The molecule has 0 aliphatic heterocycles. The number of hydrogen-bond acceptors (Lipinski definition) is 5. The lowest BCUT2D eigenvalue weighted by Gasteiger charge is -2.25. The third kappa shape index (κ3) is 4.88. The molecule has 0 spiro atoms. The van der Waals surface area contributed by atoms with Crippen LogP contribution in [-0.2, 0) is 16.6 Å². The molecular weight excluding hydrogens is 470 g/mol. The predicted octanol–water partition coefficient (Wildman–Crippen LogP) is 4.87. The molecule has 0 radical (unpaired) electrons. The third-order valence-electron chi connectivity index (χ3n) is 4.48. The second kappa shape index (κ2) is 9.40. The highest BCUT2D eigenvalue weighted by molar-refractivity contribution is 9.10. The minimum atomic E-state index is -3.88. The molecular formula is C22H22BrNO5S. The van der Waals surface area contributed by atoms with Gasteiger partial charge in [-0.3, -0.25) is 4.31 Å². The van der Waals surface area contributed by atoms with Crippen molar-refractivity contribution in [3.8, 4) is 17.2 Å². The van der Waals surface area contributed by atoms with Gasteiger partial charge in [-0.1, -0.05) is 22.0 Å². The number of benzene rings is 3. The number of ether oxygens (including phenoxy) is 3. The van der Waals surface area contributed by atoms with Crippen LogP contribution in [0.3, 0.4) is 0 Å². The summed E-state index contributed by atoms with van der Waals surface area (Å²) in [6.45, 7) is 0.0920. The van der Waals surface area contributed by atoms with Gasteiger partial charge < -0.3 is 14.2 Å². The van der Waals surface area contributed by atoms with Crippen LogP contribution in [0.15, 0.2) is 76.1 Å². The Morgan fingerprint density at radius 2 is 1.40 bits per heavy atom. The third-order valence-corrected chi connectivity index (χ3v) is 6.78. The molecule has 0 aromatic heterocycles. The standard InChI is InChI=1S/C22H22BrNO5S/c1-27-19-5-4-6-22(14-19)30(25,26)24(18-9-7-17(23)8-10-18)15-16-11-20(28-2)13-21(12-16)29-3/h4-14H,15H2,1-3H3. The Hall–Kier alpha value is -2.71. The van der Waals surface area contributed by atoms with E-state index in [2.05, 4.69) is 15.9 Å². The SMILES string of the molecule is COc1cc(CN(c2ccc(Br)cc2)S(=O)(=O)c2cccc(OC)c2)cc(OC)c1. The highest BCUT2D eigenvalue weighted by Crippen LogP contribution is 2.31. The van der Waals surface area contributed by atoms with E-state index in [1.807, 2.05) is 0 Å². The normalized spacial score (nSPS) is 11.1. The van der Waals surface area contributed by atoms with Crippen molar-refractivity contribution in [3.05, 3.63) is 76.8 Å². The maximum Gasteiger partial charge on any atom is 0.264 e. The Bertz CT molecular complexity index is 1090. The minimum absolute atomic E-state index is 0.0920. The lowest BCUT2D eigenvalue weighted by Crippen LogP contribution is -2.30. The van der Waals surface area contributed by atoms with Crippen molar-refractivity contribution < 1.29 is 22.6 Å². The van der Waals surface area contributed by atoms with Gasteiger partial charge in [0.15, 0.2) is 0 Å². The second-order valence-corrected chi connectivity index (χ2v) is 9.17. The van der Waals surface area contributed by atoms with Crippen molar-refractivity contribution in [2.24, 2.45) is 0 Å². The minimum Gasteiger partial charge on any atom is -0.497 e. The van der Waals surface area contributed by atoms with E-state index in [1.54, 1.807) is 74.9 Å². The predicted molar refractivity (Wildman–Crippen MR) is 120 cm³/mol. The largest absolute Gasteiger partial charge is 0.497 e. The van der Waals surface area contributed by atoms with Crippen LogP contribution in [0.4, 0.5) is 5.69 Å². The van der Waals surface area contributed by atoms with Gasteiger partial charge in [0.1, 0.15) is 17.2 Å². The summed E-state index contributed by atoms with van der Waals surface area (Å²) in [5, 5.41) is 0. The molecule has 3 aromatic carbocycles. The fraction of sp³-hybridized carbons (Fsp3) is 0.182. The summed E-state index contributed by atoms with van der Waals surface area (Å²) in [6, 6.07) is 18.8. The average Bonchev–Trinajstić information content (AvgIpc) is 2.77. The number of hydrogen-bond donors (Lipinski definition) is 0. The second-order valence-electron chi connectivity index (χ2n) is 6.39. The summed E-state index contributed by atoms with van der Waals surface area (Å²) in [4.78, 5) is 0.139. The first-order valence-corrected chi connectivity index (χ1v) is 11.2. The van der Waals surface area contributed by atoms with Gasteiger partial charge in [0.05, 0.1) is 38.5 Å². The molecule has 0 unspecified atom stereocenters. The maximum absolute atomic E-state index is 13.6. The quantitative estimate of drug-likeness (QED) is 0.449. The number of rotatable bonds is 8. The monoisotopic (exact) mass is 491 g/mol. The molecule has 0 fully saturated rings. The molecule has 0 atom stereocenters. The van der Waals surface area contributed by atoms with Crippen molar-refractivity contribution in [1.82, 2.24) is 0 Å². The van der Waals surface area contributed by atoms with Gasteiger partial charge in [-0.05, 0) is 54.1 Å². The van der Waals surface area contributed by atoms with E-state index in [9.17, 15) is 8.42 Å². The fourth-order valence-electron chi connectivity index (χ4n) is 2.93. The summed E-state index contributed by atoms with van der Waals surface area (Å²) < 4.78 is 45.3. The molecule has 0 heterocycles. The van der Waals surface area contributed by atoms with Gasteiger partial charge in [-0.25, -0.2) is 8.42 Å². The van der Waals surface area contributed by atoms with E-state index in [0.29, 0.717) is 22.9 Å². The maximum atomic E-state index is 13.6. The van der Waals surface area contributed by atoms with Gasteiger partial charge in [-0.2, -0.15) is 0 Å². The van der Waals surface area contributed by atoms with Crippen molar-refractivity contribution >= 4 is 31.6 Å². The zero-order valence-electron chi connectivity index (χ0n) is 16.8. The molecule has 158 valence electrons. The van der Waals surface area contributed by atoms with Gasteiger partial charge in [0, 0.05) is 16.6 Å². The van der Waals surface area contributed by atoms with Gasteiger partial charge in [-0.15, -0.1) is 0 Å². The van der Waals surface area contributed by atoms with Crippen LogP contribution in [-0.4, -0.2) is 29.7 Å². The lowest BCUT2D eigenvalue weighted by molar-refractivity contribution is 0.393. The molecule has 6 nitrogen and oxygen atoms in total. The average molecular weight is 492 g/mol. The smallest absolute Gasteiger partial charge is 0.264 e. The number of methoxy groups -OCH3 is 3. The molecule has 3 aromatic rings. The van der Waals surface area contributed by atoms with Crippen LogP contribution >= 0.6 is 15.9 Å². The van der Waals surface area contributed by atoms with E-state index in [-0.39, 0.29) is 11.4 Å². The van der Waals surface area contributed by atoms with E-state index in [0.717, 1.165) is 10.0 Å². The van der Waals surface area contributed by atoms with Crippen molar-refractivity contribution in [1.29, 1.82) is 0 Å². The van der Waals surface area contributed by atoms with Crippen LogP contribution in [0.5, 0.6) is 17.2 Å². The van der Waals surface area contributed by atoms with Gasteiger partial charge >= 0.3 is 0 Å². The number of halogens is 1. The van der Waals surface area contributed by atoms with E-state index < -0.39 is 10.0 Å². The van der Waals surface area contributed by atoms with Crippen molar-refractivity contribution in [3.63, 3.8) is 0 Å². The molecule has 30 heavy (non-hydrogen) atoms. The summed E-state index contributed by atoms with van der Waals surface area (Å²) in [5.41, 5.74) is 1.25. The Balaban J connectivity index is 2.10. The Morgan fingerprint density at radius 1 is 0.800 bits per heavy atom. The van der Waals surface area contributed by atoms with Crippen molar-refractivity contribution in [2.75, 3.05) is 25.6 Å². The van der Waals surface area contributed by atoms with E-state index in [4.69, 9.17) is 14.2 Å². The first-order valence-electron chi connectivity index (χ1n) is 9.01. The van der Waals surface area contributed by atoms with E-state index in [1.165, 1.54) is 17.5 Å². The fourth-order valence-corrected chi connectivity index (χ4v) is 4.69. The van der Waals surface area contributed by atoms with E-state index >= 15 is 0 Å². The molecule has 0 N–H and O–H groups in total. The van der Waals surface area contributed by atoms with Gasteiger partial charge in [0.25, 0.3) is 10.0 Å².